The van der Waals surface area contributed by atoms with Crippen molar-refractivity contribution in [2.45, 2.75) is 111 Å². The van der Waals surface area contributed by atoms with E-state index in [0.717, 1.165) is 0 Å². The second kappa shape index (κ2) is 40.0. The number of benzene rings is 8. The normalized spacial score (nSPS) is 23.3. The Morgan fingerprint density at radius 3 is 1.03 bits per heavy atom. The van der Waals surface area contributed by atoms with Crippen LogP contribution < -0.4 is 70.8 Å². The molecule has 11 rings (SSSR count). The van der Waals surface area contributed by atoms with E-state index in [9.17, 15) is 33.6 Å². The summed E-state index contributed by atoms with van der Waals surface area (Å²) in [6, 6.07) is 59.5. The van der Waals surface area contributed by atoms with E-state index in [1.165, 1.54) is 36.4 Å². The SMILES string of the molecule is NCCC(OC(=O)Nc1ccccc1)C(=O)N[C@@H]1C[C@H](N)[C@H](O[C@H]2O[C@H](CN)[C@@H](OC(=O)Nc3ccccc3)[C@H](OC(=O)Nc3ccccc3)[C@H]2OC(=O)Nc2ccccc2)[C@H](OC(=O)Nc2ccccc2)[C@H]1O[C@H]1O[C@H](COC(=O)Nc2ccccc2)[C@H](OC(=O)Nc2ccccc2)[C@H](N)[C@H]1OC(=O)Nc1ccccc1. The number of para-hydroxylation sites is 8. The van der Waals surface area contributed by atoms with Gasteiger partial charge >= 0.3 is 48.7 Å². The Kier molecular flexibility index (Phi) is 28.6. The van der Waals surface area contributed by atoms with E-state index in [-0.39, 0.29) is 47.1 Å². The van der Waals surface area contributed by atoms with E-state index in [1.807, 2.05) is 0 Å². The highest BCUT2D eigenvalue weighted by atomic mass is 16.8. The summed E-state index contributed by atoms with van der Waals surface area (Å²) < 4.78 is 76.3. The molecule has 0 aromatic heterocycles. The molecule has 1 aliphatic carbocycles. The molecule has 16 atom stereocenters. The number of rotatable bonds is 26. The van der Waals surface area contributed by atoms with Crippen LogP contribution >= 0.6 is 0 Å². The number of carbonyl (C=O) groups excluding carboxylic acids is 9. The molecule has 34 nitrogen and oxygen atoms in total. The molecule has 8 aromatic carbocycles. The number of nitrogens with one attached hydrogen (secondary N) is 9. The van der Waals surface area contributed by atoms with Crippen LogP contribution in [0.1, 0.15) is 12.8 Å². The van der Waals surface area contributed by atoms with Gasteiger partial charge in [-0.2, -0.15) is 0 Å². The molecule has 8 aromatic rings. The lowest BCUT2D eigenvalue weighted by atomic mass is 9.83. The standard InChI is InChI=1S/C78H83N13O21/c79-42-41-56(104-72(94)84-47-27-11-2-12-28-47)68(92)91-55-43-54(81)60(105-70-67(112-78(100)90-53-39-23-8-24-40-53)66(111-77(99)89-52-37-21-7-22-38-52)63(57(44-80)102-70)108-74(96)86-49-31-15-4-16-32-49)65(110-76(98)88-51-35-19-6-20-36-51)61(55)106-69-64(109-75(97)87-50-33-17-5-18-34-50)59(82)62(107-73(95)85-48-29-13-3-14-30-48)58(103-69)45-101-71(93)83-46-25-9-1-10-26-46/h1-40,54-67,69-70H,41-45,79-82H2,(H,83,93)(H,84,94)(H,85,95)(H,86,96)(H,87,97)(H,88,98)(H,89,99)(H,90,100)(H,91,92)/t54-,55+,56?,57+,58+,59-,60-,61-,62-,63+,64+,65-,66-,67+,69+,70+/m0/s1. The van der Waals surface area contributed by atoms with Crippen LogP contribution in [-0.4, -0.2) is 172 Å². The lowest BCUT2D eigenvalue weighted by Crippen LogP contribution is -2.71. The van der Waals surface area contributed by atoms with Crippen molar-refractivity contribution in [3.63, 3.8) is 0 Å². The predicted molar refractivity (Wildman–Crippen MR) is 406 cm³/mol. The number of amides is 9. The van der Waals surface area contributed by atoms with E-state index >= 15 is 9.59 Å². The van der Waals surface area contributed by atoms with Gasteiger partial charge in [-0.3, -0.25) is 47.3 Å². The zero-order valence-corrected chi connectivity index (χ0v) is 59.7. The highest BCUT2D eigenvalue weighted by molar-refractivity contribution is 5.91. The van der Waals surface area contributed by atoms with Gasteiger partial charge in [0.15, 0.2) is 55.3 Å². The van der Waals surface area contributed by atoms with E-state index in [1.54, 1.807) is 206 Å². The molecule has 9 amide bonds. The van der Waals surface area contributed by atoms with Gasteiger partial charge in [-0.05, 0) is 110 Å². The average Bonchev–Trinajstić information content (AvgIpc) is 0.762. The van der Waals surface area contributed by atoms with Crippen LogP contribution in [0.25, 0.3) is 0 Å². The molecule has 112 heavy (non-hydrogen) atoms. The van der Waals surface area contributed by atoms with E-state index < -0.39 is 172 Å². The fourth-order valence-electron chi connectivity index (χ4n) is 12.3. The highest BCUT2D eigenvalue weighted by Crippen LogP contribution is 2.38. The van der Waals surface area contributed by atoms with Crippen LogP contribution in [0.4, 0.5) is 83.9 Å². The number of carbonyl (C=O) groups is 9. The molecular formula is C78H83N13O21. The van der Waals surface area contributed by atoms with Crippen LogP contribution in [0.3, 0.4) is 0 Å². The molecule has 3 fully saturated rings. The number of hydrogen-bond donors (Lipinski definition) is 13. The number of hydrogen-bond acceptors (Lipinski definition) is 25. The molecule has 3 aliphatic rings. The summed E-state index contributed by atoms with van der Waals surface area (Å²) in [5, 5.41) is 23.7. The van der Waals surface area contributed by atoms with Crippen LogP contribution in [-0.2, 0) is 61.6 Å². The predicted octanol–water partition coefficient (Wildman–Crippen LogP) is 9.63. The van der Waals surface area contributed by atoms with Crippen molar-refractivity contribution in [2.24, 2.45) is 22.9 Å². The number of anilines is 8. The first-order valence-corrected chi connectivity index (χ1v) is 35.4. The monoisotopic (exact) mass is 1540 g/mol. The molecule has 2 heterocycles. The Morgan fingerprint density at radius 2 is 0.652 bits per heavy atom. The van der Waals surface area contributed by atoms with Gasteiger partial charge in [0.25, 0.3) is 5.91 Å². The Morgan fingerprint density at radius 1 is 0.348 bits per heavy atom. The summed E-state index contributed by atoms with van der Waals surface area (Å²) in [5.41, 5.74) is 29.2. The molecule has 2 aliphatic heterocycles. The molecule has 2 saturated heterocycles. The Balaban J connectivity index is 1.03. The molecular weight excluding hydrogens is 1450 g/mol. The fourth-order valence-corrected chi connectivity index (χ4v) is 12.3. The van der Waals surface area contributed by atoms with Gasteiger partial charge in [0.05, 0.1) is 12.1 Å². The minimum atomic E-state index is -2.14. The van der Waals surface area contributed by atoms with Crippen molar-refractivity contribution in [3.8, 4) is 0 Å². The summed E-state index contributed by atoms with van der Waals surface area (Å²) in [6.07, 6.45) is -34.9. The summed E-state index contributed by atoms with van der Waals surface area (Å²) in [5.74, 6) is -1.04. The number of ether oxygens (including phenoxy) is 12. The van der Waals surface area contributed by atoms with Crippen LogP contribution in [0, 0.1) is 0 Å². The molecule has 0 bridgehead atoms. The topological polar surface area (TPSA) is 477 Å². The van der Waals surface area contributed by atoms with Crippen molar-refractivity contribution in [3.05, 3.63) is 243 Å². The van der Waals surface area contributed by atoms with Crippen molar-refractivity contribution >= 4 is 100 Å². The quantitative estimate of drug-likeness (QED) is 0.0224. The first-order chi connectivity index (χ1) is 54.4. The van der Waals surface area contributed by atoms with Crippen molar-refractivity contribution in [1.82, 2.24) is 5.32 Å². The smallest absolute Gasteiger partial charge is 0.412 e. The third-order valence-electron chi connectivity index (χ3n) is 17.4. The molecule has 586 valence electrons. The second-order valence-corrected chi connectivity index (χ2v) is 25.3. The van der Waals surface area contributed by atoms with E-state index in [0.29, 0.717) is 11.4 Å². The Bertz CT molecular complexity index is 4380. The molecule has 1 saturated carbocycles. The summed E-state index contributed by atoms with van der Waals surface area (Å²) in [4.78, 5) is 130. The van der Waals surface area contributed by atoms with E-state index in [4.69, 9.17) is 79.8 Å². The number of nitrogens with two attached hydrogens (primary N) is 4. The fraction of sp³-hybridized carbons (Fsp3) is 0.269. The minimum absolute atomic E-state index is 0.166. The maximum absolute atomic E-state index is 15.2. The summed E-state index contributed by atoms with van der Waals surface area (Å²) in [7, 11) is 0. The average molecular weight is 1540 g/mol. The van der Waals surface area contributed by atoms with Crippen LogP contribution in [0.5, 0.6) is 0 Å². The molecule has 0 spiro atoms. The van der Waals surface area contributed by atoms with Gasteiger partial charge < -0.3 is 85.1 Å². The van der Waals surface area contributed by atoms with Crippen LogP contribution in [0.15, 0.2) is 243 Å². The minimum Gasteiger partial charge on any atom is -0.446 e. The molecule has 1 unspecified atom stereocenters. The molecule has 17 N–H and O–H groups in total. The van der Waals surface area contributed by atoms with Crippen molar-refractivity contribution in [2.75, 3.05) is 62.2 Å². The zero-order chi connectivity index (χ0) is 78.7. The maximum Gasteiger partial charge on any atom is 0.412 e. The van der Waals surface area contributed by atoms with Gasteiger partial charge in [0.2, 0.25) is 0 Å². The van der Waals surface area contributed by atoms with Crippen LogP contribution in [0.2, 0.25) is 0 Å². The Labute approximate surface area is 641 Å². The van der Waals surface area contributed by atoms with Gasteiger partial charge in [-0.25, -0.2) is 38.4 Å². The van der Waals surface area contributed by atoms with Gasteiger partial charge in [0, 0.05) is 64.5 Å². The lowest BCUT2D eigenvalue weighted by molar-refractivity contribution is -0.329. The van der Waals surface area contributed by atoms with Gasteiger partial charge in [-0.15, -0.1) is 0 Å². The maximum atomic E-state index is 15.2. The van der Waals surface area contributed by atoms with Gasteiger partial charge in [-0.1, -0.05) is 146 Å². The van der Waals surface area contributed by atoms with E-state index in [2.05, 4.69) is 47.9 Å². The van der Waals surface area contributed by atoms with Crippen molar-refractivity contribution in [1.29, 1.82) is 0 Å². The second-order valence-electron chi connectivity index (χ2n) is 25.3. The van der Waals surface area contributed by atoms with Gasteiger partial charge in [0.1, 0.15) is 31.0 Å². The summed E-state index contributed by atoms with van der Waals surface area (Å²) >= 11 is 0. The Hall–Kier alpha value is -12.9. The third kappa shape index (κ3) is 23.1. The lowest BCUT2D eigenvalue weighted by Gasteiger charge is -2.50. The molecule has 34 heteroatoms. The highest BCUT2D eigenvalue weighted by Gasteiger charge is 2.59. The molecule has 0 radical (unpaired) electrons. The summed E-state index contributed by atoms with van der Waals surface area (Å²) in [6.45, 7) is -1.61. The largest absolute Gasteiger partial charge is 0.446 e. The first-order valence-electron chi connectivity index (χ1n) is 35.4. The van der Waals surface area contributed by atoms with Crippen molar-refractivity contribution < 1.29 is 100.0 Å². The first kappa shape index (κ1) is 80.1. The zero-order valence-electron chi connectivity index (χ0n) is 59.7. The third-order valence-corrected chi connectivity index (χ3v) is 17.4.